The number of rotatable bonds is 3. The van der Waals surface area contributed by atoms with Gasteiger partial charge in [-0.1, -0.05) is 13.8 Å². The monoisotopic (exact) mass is 182 g/mol. The zero-order valence-electron chi connectivity index (χ0n) is 8.51. The van der Waals surface area contributed by atoms with Gasteiger partial charge in [0, 0.05) is 12.8 Å². The molecule has 1 atom stereocenters. The molecule has 74 valence electrons. The highest BCUT2D eigenvalue weighted by atomic mass is 16.5. The maximum absolute atomic E-state index is 11.0. The molecule has 0 amide bonds. The van der Waals surface area contributed by atoms with E-state index in [2.05, 4.69) is 13.0 Å². The normalized spacial score (nSPS) is 22.3. The van der Waals surface area contributed by atoms with Crippen LogP contribution in [0.1, 0.15) is 46.0 Å². The largest absolute Gasteiger partial charge is 0.431 e. The van der Waals surface area contributed by atoms with E-state index in [1.807, 2.05) is 6.92 Å². The number of hydrogen-bond donors (Lipinski definition) is 0. The summed E-state index contributed by atoms with van der Waals surface area (Å²) < 4.78 is 5.19. The second-order valence-corrected chi connectivity index (χ2v) is 3.52. The van der Waals surface area contributed by atoms with E-state index in [-0.39, 0.29) is 5.97 Å². The lowest BCUT2D eigenvalue weighted by atomic mass is 9.93. The van der Waals surface area contributed by atoms with Crippen molar-refractivity contribution in [2.75, 3.05) is 0 Å². The second kappa shape index (κ2) is 5.05. The van der Waals surface area contributed by atoms with E-state index in [0.717, 1.165) is 25.0 Å². The first-order valence-corrected chi connectivity index (χ1v) is 5.17. The minimum atomic E-state index is -0.108. The lowest BCUT2D eigenvalue weighted by Crippen LogP contribution is -2.09. The van der Waals surface area contributed by atoms with Gasteiger partial charge in [-0.25, -0.2) is 0 Å². The van der Waals surface area contributed by atoms with Crippen LogP contribution in [0.15, 0.2) is 11.8 Å². The molecule has 0 N–H and O–H groups in total. The minimum absolute atomic E-state index is 0.108. The van der Waals surface area contributed by atoms with Crippen molar-refractivity contribution in [3.8, 4) is 0 Å². The highest BCUT2D eigenvalue weighted by Crippen LogP contribution is 2.25. The van der Waals surface area contributed by atoms with Crippen LogP contribution >= 0.6 is 0 Å². The van der Waals surface area contributed by atoms with Gasteiger partial charge in [0.05, 0.1) is 0 Å². The molecule has 0 fully saturated rings. The number of carbonyl (C=O) groups is 1. The van der Waals surface area contributed by atoms with Crippen LogP contribution in [0, 0.1) is 5.92 Å². The summed E-state index contributed by atoms with van der Waals surface area (Å²) in [4.78, 5) is 11.0. The Labute approximate surface area is 80.0 Å². The predicted octanol–water partition coefficient (Wildman–Crippen LogP) is 3.03. The summed E-state index contributed by atoms with van der Waals surface area (Å²) in [6.45, 7) is 3.99. The van der Waals surface area contributed by atoms with Gasteiger partial charge in [-0.3, -0.25) is 4.79 Å². The van der Waals surface area contributed by atoms with Crippen molar-refractivity contribution in [1.29, 1.82) is 0 Å². The fraction of sp³-hybridized carbons (Fsp3) is 0.727. The first kappa shape index (κ1) is 10.3. The standard InChI is InChI=1S/C11H18O2/c1-3-9-6-5-7-10(8-9)13-11(12)4-2/h8-9H,3-7H2,1-2H3. The Bertz CT molecular complexity index is 206. The lowest BCUT2D eigenvalue weighted by Gasteiger charge is -2.18. The van der Waals surface area contributed by atoms with Gasteiger partial charge in [0.15, 0.2) is 0 Å². The highest BCUT2D eigenvalue weighted by molar-refractivity contribution is 5.70. The third-order valence-electron chi connectivity index (χ3n) is 2.48. The molecule has 0 saturated heterocycles. The molecule has 1 rings (SSSR count). The van der Waals surface area contributed by atoms with Crippen molar-refractivity contribution in [1.82, 2.24) is 0 Å². The number of carbonyl (C=O) groups excluding carboxylic acids is 1. The molecule has 1 aliphatic rings. The average Bonchev–Trinajstić information content (AvgIpc) is 2.18. The summed E-state index contributed by atoms with van der Waals surface area (Å²) >= 11 is 0. The van der Waals surface area contributed by atoms with Crippen LogP contribution in [0.5, 0.6) is 0 Å². The van der Waals surface area contributed by atoms with Crippen LogP contribution in [0.4, 0.5) is 0 Å². The molecule has 2 nitrogen and oxygen atoms in total. The third kappa shape index (κ3) is 3.21. The van der Waals surface area contributed by atoms with Gasteiger partial charge < -0.3 is 4.74 Å². The quantitative estimate of drug-likeness (QED) is 0.627. The van der Waals surface area contributed by atoms with Gasteiger partial charge in [-0.2, -0.15) is 0 Å². The minimum Gasteiger partial charge on any atom is -0.431 e. The molecular weight excluding hydrogens is 164 g/mol. The molecule has 2 heteroatoms. The predicted molar refractivity (Wildman–Crippen MR) is 52.1 cm³/mol. The van der Waals surface area contributed by atoms with Crippen molar-refractivity contribution in [2.24, 2.45) is 5.92 Å². The fourth-order valence-corrected chi connectivity index (χ4v) is 1.59. The number of ether oxygens (including phenoxy) is 1. The van der Waals surface area contributed by atoms with Crippen LogP contribution in [-0.4, -0.2) is 5.97 Å². The Morgan fingerprint density at radius 2 is 2.38 bits per heavy atom. The number of allylic oxidation sites excluding steroid dienone is 2. The van der Waals surface area contributed by atoms with Crippen LogP contribution in [0.2, 0.25) is 0 Å². The summed E-state index contributed by atoms with van der Waals surface area (Å²) in [5.41, 5.74) is 0. The SMILES string of the molecule is CCC(=O)OC1=CC(CC)CCC1. The van der Waals surface area contributed by atoms with E-state index < -0.39 is 0 Å². The van der Waals surface area contributed by atoms with Crippen LogP contribution < -0.4 is 0 Å². The molecule has 13 heavy (non-hydrogen) atoms. The maximum atomic E-state index is 11.0. The first-order chi connectivity index (χ1) is 6.26. The molecule has 0 bridgehead atoms. The van der Waals surface area contributed by atoms with Crippen molar-refractivity contribution >= 4 is 5.97 Å². The fourth-order valence-electron chi connectivity index (χ4n) is 1.59. The van der Waals surface area contributed by atoms with Gasteiger partial charge in [0.2, 0.25) is 0 Å². The summed E-state index contributed by atoms with van der Waals surface area (Å²) in [6.07, 6.45) is 7.06. The van der Waals surface area contributed by atoms with E-state index in [0.29, 0.717) is 12.3 Å². The van der Waals surface area contributed by atoms with Gasteiger partial charge in [0.1, 0.15) is 5.76 Å². The van der Waals surface area contributed by atoms with Gasteiger partial charge >= 0.3 is 5.97 Å². The molecule has 0 aliphatic heterocycles. The maximum Gasteiger partial charge on any atom is 0.310 e. The summed E-state index contributed by atoms with van der Waals surface area (Å²) in [7, 11) is 0. The van der Waals surface area contributed by atoms with Crippen LogP contribution in [0.25, 0.3) is 0 Å². The Kier molecular flexibility index (Phi) is 4.00. The van der Waals surface area contributed by atoms with E-state index in [9.17, 15) is 4.79 Å². The van der Waals surface area contributed by atoms with Gasteiger partial charge in [0.25, 0.3) is 0 Å². The Morgan fingerprint density at radius 1 is 1.62 bits per heavy atom. The van der Waals surface area contributed by atoms with Crippen molar-refractivity contribution in [2.45, 2.75) is 46.0 Å². The molecular formula is C11H18O2. The lowest BCUT2D eigenvalue weighted by molar-refractivity contribution is -0.139. The first-order valence-electron chi connectivity index (χ1n) is 5.17. The van der Waals surface area contributed by atoms with Crippen LogP contribution in [-0.2, 0) is 9.53 Å². The van der Waals surface area contributed by atoms with Gasteiger partial charge in [-0.05, 0) is 31.3 Å². The topological polar surface area (TPSA) is 26.3 Å². The second-order valence-electron chi connectivity index (χ2n) is 3.52. The molecule has 0 heterocycles. The van der Waals surface area contributed by atoms with Crippen molar-refractivity contribution in [3.63, 3.8) is 0 Å². The van der Waals surface area contributed by atoms with E-state index >= 15 is 0 Å². The molecule has 0 radical (unpaired) electrons. The molecule has 0 aromatic heterocycles. The zero-order valence-corrected chi connectivity index (χ0v) is 8.51. The van der Waals surface area contributed by atoms with E-state index in [4.69, 9.17) is 4.74 Å². The molecule has 1 unspecified atom stereocenters. The average molecular weight is 182 g/mol. The summed E-state index contributed by atoms with van der Waals surface area (Å²) in [5.74, 6) is 1.40. The molecule has 0 aromatic rings. The van der Waals surface area contributed by atoms with Crippen molar-refractivity contribution in [3.05, 3.63) is 11.8 Å². The zero-order chi connectivity index (χ0) is 9.68. The Morgan fingerprint density at radius 3 is 3.00 bits per heavy atom. The van der Waals surface area contributed by atoms with Gasteiger partial charge in [-0.15, -0.1) is 0 Å². The Balaban J connectivity index is 2.48. The number of esters is 1. The van der Waals surface area contributed by atoms with Crippen LogP contribution in [0.3, 0.4) is 0 Å². The molecule has 1 aliphatic carbocycles. The molecule has 0 spiro atoms. The molecule has 0 aromatic carbocycles. The van der Waals surface area contributed by atoms with E-state index in [1.165, 1.54) is 6.42 Å². The highest BCUT2D eigenvalue weighted by Gasteiger charge is 2.14. The third-order valence-corrected chi connectivity index (χ3v) is 2.48. The number of hydrogen-bond acceptors (Lipinski definition) is 2. The van der Waals surface area contributed by atoms with E-state index in [1.54, 1.807) is 0 Å². The van der Waals surface area contributed by atoms with Crippen molar-refractivity contribution < 1.29 is 9.53 Å². The smallest absolute Gasteiger partial charge is 0.310 e. The summed E-state index contributed by atoms with van der Waals surface area (Å²) in [5, 5.41) is 0. The molecule has 0 saturated carbocycles. The summed E-state index contributed by atoms with van der Waals surface area (Å²) in [6, 6.07) is 0. The Hall–Kier alpha value is -0.790.